The molecule has 0 aromatic heterocycles. The van der Waals surface area contributed by atoms with Crippen LogP contribution in [0.3, 0.4) is 0 Å². The van der Waals surface area contributed by atoms with Crippen LogP contribution < -0.4 is 0 Å². The molecule has 0 saturated carbocycles. The van der Waals surface area contributed by atoms with Gasteiger partial charge in [-0.1, -0.05) is 23.8 Å². The highest BCUT2D eigenvalue weighted by Gasteiger charge is 2.55. The summed E-state index contributed by atoms with van der Waals surface area (Å²) in [6, 6.07) is 8.99. The van der Waals surface area contributed by atoms with E-state index in [-0.39, 0.29) is 12.3 Å². The lowest BCUT2D eigenvalue weighted by atomic mass is 9.64. The Kier molecular flexibility index (Phi) is 4.85. The van der Waals surface area contributed by atoms with Crippen LogP contribution in [0, 0.1) is 16.7 Å². The Labute approximate surface area is 135 Å². The molecule has 2 rings (SSSR count). The lowest BCUT2D eigenvalue weighted by Gasteiger charge is -2.38. The van der Waals surface area contributed by atoms with Crippen molar-refractivity contribution in [3.63, 3.8) is 0 Å². The number of carbonyl (C=O) groups is 2. The normalized spacial score (nSPS) is 19.2. The van der Waals surface area contributed by atoms with Crippen LogP contribution >= 0.6 is 0 Å². The molecule has 0 heterocycles. The van der Waals surface area contributed by atoms with Gasteiger partial charge in [-0.3, -0.25) is 9.59 Å². The van der Waals surface area contributed by atoms with Gasteiger partial charge in [0, 0.05) is 5.92 Å². The zero-order chi connectivity index (χ0) is 17.0. The van der Waals surface area contributed by atoms with Gasteiger partial charge in [-0.25, -0.2) is 0 Å². The third kappa shape index (κ3) is 2.85. The van der Waals surface area contributed by atoms with Crippen molar-refractivity contribution >= 4 is 11.9 Å². The van der Waals surface area contributed by atoms with Crippen molar-refractivity contribution < 1.29 is 19.1 Å². The maximum atomic E-state index is 12.5. The number of hydrogen-bond donors (Lipinski definition) is 0. The van der Waals surface area contributed by atoms with Gasteiger partial charge in [-0.05, 0) is 37.5 Å². The van der Waals surface area contributed by atoms with Gasteiger partial charge in [-0.2, -0.15) is 5.26 Å². The van der Waals surface area contributed by atoms with Crippen LogP contribution in [0.25, 0.3) is 0 Å². The van der Waals surface area contributed by atoms with E-state index in [0.29, 0.717) is 12.0 Å². The zero-order valence-corrected chi connectivity index (χ0v) is 13.5. The Hall–Kier alpha value is -2.61. The van der Waals surface area contributed by atoms with Crippen molar-refractivity contribution in [2.45, 2.75) is 25.7 Å². The number of methoxy groups -OCH3 is 2. The minimum absolute atomic E-state index is 0.239. The molecule has 0 radical (unpaired) electrons. The predicted octanol–water partition coefficient (Wildman–Crippen LogP) is 2.71. The van der Waals surface area contributed by atoms with Crippen molar-refractivity contribution in [1.29, 1.82) is 5.26 Å². The molecule has 5 heteroatoms. The zero-order valence-electron chi connectivity index (χ0n) is 13.5. The standard InChI is InChI=1S/C18H19NO4/c1-12-8-9-18(16(20)22-2,17(21)23-3)15(10-12)14-6-4-13(11-19)5-7-14/h4-8,15H,9-10H2,1-3H3. The van der Waals surface area contributed by atoms with Crippen LogP contribution in [0.5, 0.6) is 0 Å². The molecule has 1 aliphatic carbocycles. The van der Waals surface area contributed by atoms with Gasteiger partial charge in [0.05, 0.1) is 25.9 Å². The molecule has 120 valence electrons. The molecular formula is C18H19NO4. The van der Waals surface area contributed by atoms with Gasteiger partial charge in [0.1, 0.15) is 0 Å². The number of ether oxygens (including phenoxy) is 2. The van der Waals surface area contributed by atoms with E-state index >= 15 is 0 Å². The fourth-order valence-corrected chi connectivity index (χ4v) is 3.15. The Morgan fingerprint density at radius 1 is 1.17 bits per heavy atom. The third-order valence-electron chi connectivity index (χ3n) is 4.43. The smallest absolute Gasteiger partial charge is 0.324 e. The average molecular weight is 313 g/mol. The van der Waals surface area contributed by atoms with Crippen LogP contribution in [0.2, 0.25) is 0 Å². The number of nitriles is 1. The molecule has 0 spiro atoms. The number of benzene rings is 1. The Balaban J connectivity index is 2.58. The molecule has 0 bridgehead atoms. The molecule has 23 heavy (non-hydrogen) atoms. The van der Waals surface area contributed by atoms with Crippen molar-refractivity contribution in [2.75, 3.05) is 14.2 Å². The fraction of sp³-hybridized carbons (Fsp3) is 0.389. The van der Waals surface area contributed by atoms with Gasteiger partial charge in [-0.15, -0.1) is 0 Å². The highest BCUT2D eigenvalue weighted by atomic mass is 16.5. The molecule has 1 aliphatic rings. The number of nitrogens with zero attached hydrogens (tertiary/aromatic N) is 1. The largest absolute Gasteiger partial charge is 0.468 e. The number of carbonyl (C=O) groups excluding carboxylic acids is 2. The second-order valence-corrected chi connectivity index (χ2v) is 5.70. The van der Waals surface area contributed by atoms with E-state index < -0.39 is 17.4 Å². The second-order valence-electron chi connectivity index (χ2n) is 5.70. The molecule has 0 amide bonds. The Morgan fingerprint density at radius 2 is 1.74 bits per heavy atom. The highest BCUT2D eigenvalue weighted by Crippen LogP contribution is 2.48. The summed E-state index contributed by atoms with van der Waals surface area (Å²) in [6.07, 6.45) is 2.67. The summed E-state index contributed by atoms with van der Waals surface area (Å²) in [5.41, 5.74) is 1.05. The topological polar surface area (TPSA) is 76.4 Å². The minimum atomic E-state index is -1.39. The number of rotatable bonds is 3. The van der Waals surface area contributed by atoms with Crippen molar-refractivity contribution in [3.8, 4) is 6.07 Å². The summed E-state index contributed by atoms with van der Waals surface area (Å²) in [5, 5.41) is 8.93. The lowest BCUT2D eigenvalue weighted by molar-refractivity contribution is -0.171. The van der Waals surface area contributed by atoms with E-state index in [1.807, 2.05) is 13.0 Å². The van der Waals surface area contributed by atoms with Gasteiger partial charge in [0.25, 0.3) is 0 Å². The fourth-order valence-electron chi connectivity index (χ4n) is 3.15. The summed E-state index contributed by atoms with van der Waals surface area (Å²) < 4.78 is 9.85. The summed E-state index contributed by atoms with van der Waals surface area (Å²) in [4.78, 5) is 25.0. The predicted molar refractivity (Wildman–Crippen MR) is 83.4 cm³/mol. The first-order valence-corrected chi connectivity index (χ1v) is 7.32. The molecule has 5 nitrogen and oxygen atoms in total. The number of hydrogen-bond acceptors (Lipinski definition) is 5. The lowest BCUT2D eigenvalue weighted by Crippen LogP contribution is -2.47. The van der Waals surface area contributed by atoms with E-state index in [4.69, 9.17) is 14.7 Å². The van der Waals surface area contributed by atoms with Gasteiger partial charge < -0.3 is 9.47 Å². The van der Waals surface area contributed by atoms with Crippen LogP contribution in [0.1, 0.15) is 36.8 Å². The van der Waals surface area contributed by atoms with Crippen molar-refractivity contribution in [2.24, 2.45) is 5.41 Å². The minimum Gasteiger partial charge on any atom is -0.468 e. The first kappa shape index (κ1) is 16.8. The van der Waals surface area contributed by atoms with E-state index in [0.717, 1.165) is 11.1 Å². The maximum absolute atomic E-state index is 12.5. The van der Waals surface area contributed by atoms with Gasteiger partial charge >= 0.3 is 11.9 Å². The third-order valence-corrected chi connectivity index (χ3v) is 4.43. The molecular weight excluding hydrogens is 294 g/mol. The van der Waals surface area contributed by atoms with Gasteiger partial charge in [0.15, 0.2) is 5.41 Å². The molecule has 0 N–H and O–H groups in total. The summed E-state index contributed by atoms with van der Waals surface area (Å²) >= 11 is 0. The van der Waals surface area contributed by atoms with E-state index in [1.165, 1.54) is 14.2 Å². The van der Waals surface area contributed by atoms with E-state index in [9.17, 15) is 9.59 Å². The Bertz CT molecular complexity index is 666. The quantitative estimate of drug-likeness (QED) is 0.487. The van der Waals surface area contributed by atoms with E-state index in [2.05, 4.69) is 6.07 Å². The van der Waals surface area contributed by atoms with Crippen molar-refractivity contribution in [3.05, 3.63) is 47.0 Å². The monoisotopic (exact) mass is 313 g/mol. The number of allylic oxidation sites excluding steroid dienone is 2. The van der Waals surface area contributed by atoms with Crippen LogP contribution in [0.4, 0.5) is 0 Å². The molecule has 1 aromatic rings. The van der Waals surface area contributed by atoms with Crippen LogP contribution in [-0.4, -0.2) is 26.2 Å². The molecule has 0 aliphatic heterocycles. The van der Waals surface area contributed by atoms with Gasteiger partial charge in [0.2, 0.25) is 0 Å². The molecule has 1 atom stereocenters. The first-order valence-electron chi connectivity index (χ1n) is 7.32. The number of esters is 2. The van der Waals surface area contributed by atoms with E-state index in [1.54, 1.807) is 24.3 Å². The molecule has 1 aromatic carbocycles. The summed E-state index contributed by atoms with van der Waals surface area (Å²) in [7, 11) is 2.54. The average Bonchev–Trinajstić information content (AvgIpc) is 2.60. The van der Waals surface area contributed by atoms with Crippen molar-refractivity contribution in [1.82, 2.24) is 0 Å². The SMILES string of the molecule is COC(=O)C1(C(=O)OC)CC=C(C)CC1c1ccc(C#N)cc1. The molecule has 1 unspecified atom stereocenters. The summed E-state index contributed by atoms with van der Waals surface area (Å²) in [6.45, 7) is 1.97. The second kappa shape index (κ2) is 6.66. The summed E-state index contributed by atoms with van der Waals surface area (Å²) in [5.74, 6) is -1.58. The molecule has 0 fully saturated rings. The maximum Gasteiger partial charge on any atom is 0.324 e. The highest BCUT2D eigenvalue weighted by molar-refractivity contribution is 6.01. The first-order chi connectivity index (χ1) is 11.0. The molecule has 0 saturated heterocycles. The van der Waals surface area contributed by atoms with Crippen LogP contribution in [0.15, 0.2) is 35.9 Å². The van der Waals surface area contributed by atoms with Crippen LogP contribution in [-0.2, 0) is 19.1 Å². The Morgan fingerprint density at radius 3 is 2.22 bits per heavy atom.